The third-order valence-corrected chi connectivity index (χ3v) is 6.12. The molecule has 0 atom stereocenters. The van der Waals surface area contributed by atoms with E-state index in [1.54, 1.807) is 32.4 Å². The maximum atomic E-state index is 13.2. The molecule has 33 heavy (non-hydrogen) atoms. The van der Waals surface area contributed by atoms with E-state index in [1.807, 2.05) is 19.1 Å². The van der Waals surface area contributed by atoms with E-state index in [9.17, 15) is 9.90 Å². The number of nitrogens with zero attached hydrogens (tertiary/aromatic N) is 1. The summed E-state index contributed by atoms with van der Waals surface area (Å²) < 4.78 is 16.6. The van der Waals surface area contributed by atoms with Crippen LogP contribution in [-0.4, -0.2) is 37.3 Å². The fourth-order valence-corrected chi connectivity index (χ4v) is 4.20. The van der Waals surface area contributed by atoms with Crippen LogP contribution in [0.4, 0.5) is 0 Å². The second kappa shape index (κ2) is 11.2. The van der Waals surface area contributed by atoms with Crippen molar-refractivity contribution in [1.82, 2.24) is 4.90 Å². The Morgan fingerprint density at radius 3 is 2.24 bits per heavy atom. The van der Waals surface area contributed by atoms with Gasteiger partial charge in [-0.25, -0.2) is 4.79 Å². The van der Waals surface area contributed by atoms with Crippen LogP contribution >= 0.6 is 0 Å². The zero-order chi connectivity index (χ0) is 24.0. The zero-order valence-corrected chi connectivity index (χ0v) is 20.4. The van der Waals surface area contributed by atoms with Crippen molar-refractivity contribution in [3.63, 3.8) is 0 Å². The van der Waals surface area contributed by atoms with Crippen molar-refractivity contribution >= 4 is 11.0 Å². The second-order valence-electron chi connectivity index (χ2n) is 8.38. The van der Waals surface area contributed by atoms with E-state index in [2.05, 4.69) is 18.7 Å². The van der Waals surface area contributed by atoms with Gasteiger partial charge < -0.3 is 19.0 Å². The Labute approximate surface area is 195 Å². The fourth-order valence-electron chi connectivity index (χ4n) is 4.20. The lowest BCUT2D eigenvalue weighted by Gasteiger charge is -2.23. The first kappa shape index (κ1) is 24.6. The topological polar surface area (TPSA) is 72.1 Å². The highest BCUT2D eigenvalue weighted by molar-refractivity contribution is 5.90. The number of hydrogen-bond acceptors (Lipinski definition) is 6. The monoisotopic (exact) mass is 453 g/mol. The minimum Gasteiger partial charge on any atom is -0.507 e. The van der Waals surface area contributed by atoms with Crippen molar-refractivity contribution in [2.45, 2.75) is 53.0 Å². The van der Waals surface area contributed by atoms with Crippen molar-refractivity contribution in [2.24, 2.45) is 0 Å². The molecular formula is C27H35NO5. The molecule has 6 heteroatoms. The number of benzene rings is 2. The first-order chi connectivity index (χ1) is 15.9. The Hall–Kier alpha value is -2.99. The number of phenolic OH excluding ortho intramolecular Hbond substituents is 1. The molecule has 6 nitrogen and oxygen atoms in total. The van der Waals surface area contributed by atoms with Crippen LogP contribution in [0.2, 0.25) is 0 Å². The molecule has 0 radical (unpaired) electrons. The molecular weight excluding hydrogens is 418 g/mol. The number of fused-ring (bicyclic) bond motifs is 1. The SMILES string of the molecule is CCCCN(CCCC)Cc1c(O)ccc2c(C)c(-c3ccc(OC)c(OC)c3)c(=O)oc12. The van der Waals surface area contributed by atoms with E-state index in [4.69, 9.17) is 13.9 Å². The first-order valence-electron chi connectivity index (χ1n) is 11.7. The molecule has 1 N–H and O–H groups in total. The van der Waals surface area contributed by atoms with Crippen LogP contribution in [-0.2, 0) is 6.54 Å². The number of aryl methyl sites for hydroxylation is 1. The van der Waals surface area contributed by atoms with Gasteiger partial charge in [0.1, 0.15) is 11.3 Å². The highest BCUT2D eigenvalue weighted by atomic mass is 16.5. The average Bonchev–Trinajstić information content (AvgIpc) is 2.82. The standard InChI is InChI=1S/C27H35NO5/c1-6-8-14-28(15-9-7-2)17-21-22(29)12-11-20-18(3)25(27(30)33-26(20)21)19-10-13-23(31-4)24(16-19)32-5/h10-13,16,29H,6-9,14-15,17H2,1-5H3. The van der Waals surface area contributed by atoms with Crippen LogP contribution in [0.5, 0.6) is 17.2 Å². The van der Waals surface area contributed by atoms with E-state index in [1.165, 1.54) is 0 Å². The van der Waals surface area contributed by atoms with Gasteiger partial charge in [-0.15, -0.1) is 0 Å². The summed E-state index contributed by atoms with van der Waals surface area (Å²) in [7, 11) is 3.14. The lowest BCUT2D eigenvalue weighted by Crippen LogP contribution is -2.26. The summed E-state index contributed by atoms with van der Waals surface area (Å²) in [6.07, 6.45) is 4.38. The van der Waals surface area contributed by atoms with Crippen LogP contribution in [0.15, 0.2) is 39.5 Å². The van der Waals surface area contributed by atoms with Gasteiger partial charge in [0.05, 0.1) is 25.3 Å². The van der Waals surface area contributed by atoms with Gasteiger partial charge in [-0.3, -0.25) is 4.90 Å². The summed E-state index contributed by atoms with van der Waals surface area (Å²) in [5.41, 5.74) is 2.67. The van der Waals surface area contributed by atoms with Crippen molar-refractivity contribution in [2.75, 3.05) is 27.3 Å². The van der Waals surface area contributed by atoms with Gasteiger partial charge in [-0.2, -0.15) is 0 Å². The number of unbranched alkanes of at least 4 members (excludes halogenated alkanes) is 2. The molecule has 0 aliphatic rings. The molecule has 1 aromatic heterocycles. The molecule has 0 spiro atoms. The molecule has 0 saturated heterocycles. The summed E-state index contributed by atoms with van der Waals surface area (Å²) >= 11 is 0. The Kier molecular flexibility index (Phi) is 8.39. The van der Waals surface area contributed by atoms with Crippen molar-refractivity contribution in [3.05, 3.63) is 51.9 Å². The zero-order valence-electron chi connectivity index (χ0n) is 20.4. The van der Waals surface area contributed by atoms with Crippen molar-refractivity contribution < 1.29 is 19.0 Å². The molecule has 0 bridgehead atoms. The van der Waals surface area contributed by atoms with E-state index < -0.39 is 5.63 Å². The summed E-state index contributed by atoms with van der Waals surface area (Å²) in [6.45, 7) is 8.69. The van der Waals surface area contributed by atoms with E-state index in [-0.39, 0.29) is 5.75 Å². The summed E-state index contributed by atoms with van der Waals surface area (Å²) in [5.74, 6) is 1.29. The minimum atomic E-state index is -0.437. The average molecular weight is 454 g/mol. The molecule has 3 aromatic rings. The molecule has 178 valence electrons. The van der Waals surface area contributed by atoms with Gasteiger partial charge >= 0.3 is 5.63 Å². The predicted octanol–water partition coefficient (Wildman–Crippen LogP) is 5.89. The van der Waals surface area contributed by atoms with Crippen molar-refractivity contribution in [1.29, 1.82) is 0 Å². The highest BCUT2D eigenvalue weighted by Crippen LogP contribution is 2.36. The Balaban J connectivity index is 2.11. The van der Waals surface area contributed by atoms with Crippen molar-refractivity contribution in [3.8, 4) is 28.4 Å². The Morgan fingerprint density at radius 1 is 0.970 bits per heavy atom. The number of hydrogen-bond donors (Lipinski definition) is 1. The summed E-state index contributed by atoms with van der Waals surface area (Å²) in [4.78, 5) is 15.5. The fraction of sp³-hybridized carbons (Fsp3) is 0.444. The van der Waals surface area contributed by atoms with Gasteiger partial charge in [-0.1, -0.05) is 32.8 Å². The number of ether oxygens (including phenoxy) is 2. The Bertz CT molecular complexity index is 1140. The van der Waals surface area contributed by atoms with E-state index in [0.29, 0.717) is 40.3 Å². The number of aromatic hydroxyl groups is 1. The van der Waals surface area contributed by atoms with Crippen LogP contribution < -0.4 is 15.1 Å². The number of phenols is 1. The van der Waals surface area contributed by atoms with Gasteiger partial charge in [0.2, 0.25) is 0 Å². The molecule has 0 saturated carbocycles. The van der Waals surface area contributed by atoms with Crippen LogP contribution in [0.1, 0.15) is 50.7 Å². The molecule has 0 fully saturated rings. The lowest BCUT2D eigenvalue weighted by molar-refractivity contribution is 0.253. The Morgan fingerprint density at radius 2 is 1.64 bits per heavy atom. The maximum Gasteiger partial charge on any atom is 0.344 e. The van der Waals surface area contributed by atoms with Gasteiger partial charge in [0.15, 0.2) is 11.5 Å². The van der Waals surface area contributed by atoms with Gasteiger partial charge in [0, 0.05) is 11.9 Å². The van der Waals surface area contributed by atoms with Gasteiger partial charge in [0.25, 0.3) is 0 Å². The van der Waals surface area contributed by atoms with E-state index in [0.717, 1.165) is 49.7 Å². The van der Waals surface area contributed by atoms with Crippen LogP contribution in [0.3, 0.4) is 0 Å². The first-order valence-corrected chi connectivity index (χ1v) is 11.7. The van der Waals surface area contributed by atoms with Crippen LogP contribution in [0, 0.1) is 6.92 Å². The third kappa shape index (κ3) is 5.33. The molecule has 0 unspecified atom stereocenters. The number of methoxy groups -OCH3 is 2. The maximum absolute atomic E-state index is 13.2. The molecule has 3 rings (SSSR count). The molecule has 0 amide bonds. The quantitative estimate of drug-likeness (QED) is 0.365. The van der Waals surface area contributed by atoms with E-state index >= 15 is 0 Å². The molecule has 1 heterocycles. The molecule has 2 aromatic carbocycles. The number of rotatable bonds is 11. The summed E-state index contributed by atoms with van der Waals surface area (Å²) in [5, 5.41) is 11.5. The van der Waals surface area contributed by atoms with Gasteiger partial charge in [-0.05, 0) is 68.2 Å². The lowest BCUT2D eigenvalue weighted by atomic mass is 9.97. The van der Waals surface area contributed by atoms with Crippen LogP contribution in [0.25, 0.3) is 22.1 Å². The predicted molar refractivity (Wildman–Crippen MR) is 133 cm³/mol. The third-order valence-electron chi connectivity index (χ3n) is 6.12. The summed E-state index contributed by atoms with van der Waals surface area (Å²) in [6, 6.07) is 8.90. The smallest absolute Gasteiger partial charge is 0.344 e. The molecule has 0 aliphatic heterocycles. The molecule has 0 aliphatic carbocycles. The largest absolute Gasteiger partial charge is 0.507 e. The highest BCUT2D eigenvalue weighted by Gasteiger charge is 2.20. The normalized spacial score (nSPS) is 11.3. The minimum absolute atomic E-state index is 0.155. The second-order valence-corrected chi connectivity index (χ2v) is 8.38.